The summed E-state index contributed by atoms with van der Waals surface area (Å²) >= 11 is 0. The monoisotopic (exact) mass is 185 g/mol. The third kappa shape index (κ3) is 2.38. The molecule has 1 rings (SSSR count). The highest BCUT2D eigenvalue weighted by Crippen LogP contribution is 2.03. The number of nitrogens with zero attached hydrogens (tertiary/aromatic N) is 3. The molecule has 7 heteroatoms. The number of rotatable bonds is 3. The van der Waals surface area contributed by atoms with Crippen LogP contribution in [-0.4, -0.2) is 29.6 Å². The summed E-state index contributed by atoms with van der Waals surface area (Å²) in [7, 11) is 0. The second kappa shape index (κ2) is 4.17. The standard InChI is InChI=1S/C6H15N7/c7-3-1-2-4-11-5(8)12-6(9)13(4)10/h6H,1-3,7,9-10H2,(H2,8,12). The topological polar surface area (TPSA) is 132 Å². The molecule has 0 spiro atoms. The molecule has 1 aliphatic rings. The Balaban J connectivity index is 2.65. The molecule has 7 nitrogen and oxygen atoms in total. The van der Waals surface area contributed by atoms with Gasteiger partial charge < -0.3 is 11.5 Å². The molecule has 1 heterocycles. The van der Waals surface area contributed by atoms with Crippen LogP contribution in [-0.2, 0) is 0 Å². The van der Waals surface area contributed by atoms with Gasteiger partial charge in [-0.3, -0.25) is 10.7 Å². The van der Waals surface area contributed by atoms with Gasteiger partial charge in [-0.2, -0.15) is 4.99 Å². The Morgan fingerprint density at radius 2 is 2.15 bits per heavy atom. The number of hydrazine groups is 1. The zero-order valence-electron chi connectivity index (χ0n) is 7.35. The average Bonchev–Trinajstić information content (AvgIpc) is 2.09. The van der Waals surface area contributed by atoms with Crippen LogP contribution in [0.15, 0.2) is 9.98 Å². The molecule has 0 aromatic carbocycles. The van der Waals surface area contributed by atoms with Gasteiger partial charge in [0, 0.05) is 6.42 Å². The maximum absolute atomic E-state index is 5.60. The largest absolute Gasteiger partial charge is 0.368 e. The van der Waals surface area contributed by atoms with Crippen LogP contribution in [0.2, 0.25) is 0 Å². The first-order chi connectivity index (χ1) is 6.15. The van der Waals surface area contributed by atoms with Crippen molar-refractivity contribution in [2.75, 3.05) is 6.54 Å². The molecule has 8 N–H and O–H groups in total. The lowest BCUT2D eigenvalue weighted by Crippen LogP contribution is -2.52. The highest BCUT2D eigenvalue weighted by atomic mass is 15.5. The summed E-state index contributed by atoms with van der Waals surface area (Å²) in [4.78, 5) is 7.74. The van der Waals surface area contributed by atoms with E-state index in [9.17, 15) is 0 Å². The van der Waals surface area contributed by atoms with Gasteiger partial charge in [0.15, 0.2) is 6.29 Å². The SMILES string of the molecule is NCCCC1=NC(N)=NC(N)N1N. The molecule has 0 bridgehead atoms. The van der Waals surface area contributed by atoms with Crippen molar-refractivity contribution in [3.8, 4) is 0 Å². The Morgan fingerprint density at radius 3 is 2.77 bits per heavy atom. The Kier molecular flexibility index (Phi) is 3.18. The van der Waals surface area contributed by atoms with Crippen molar-refractivity contribution in [1.82, 2.24) is 5.01 Å². The van der Waals surface area contributed by atoms with Gasteiger partial charge in [-0.05, 0) is 13.0 Å². The summed E-state index contributed by atoms with van der Waals surface area (Å²) < 4.78 is 0. The molecule has 1 unspecified atom stereocenters. The van der Waals surface area contributed by atoms with Crippen LogP contribution in [0.5, 0.6) is 0 Å². The van der Waals surface area contributed by atoms with Gasteiger partial charge in [0.2, 0.25) is 5.96 Å². The number of amidine groups is 1. The summed E-state index contributed by atoms with van der Waals surface area (Å²) in [5.41, 5.74) is 16.3. The fraction of sp³-hybridized carbons (Fsp3) is 0.667. The van der Waals surface area contributed by atoms with E-state index in [4.69, 9.17) is 23.0 Å². The molecule has 0 aliphatic carbocycles. The highest BCUT2D eigenvalue weighted by Gasteiger charge is 2.18. The third-order valence-electron chi connectivity index (χ3n) is 1.70. The lowest BCUT2D eigenvalue weighted by molar-refractivity contribution is 0.324. The van der Waals surface area contributed by atoms with Crippen molar-refractivity contribution in [1.29, 1.82) is 0 Å². The molecular weight excluding hydrogens is 170 g/mol. The van der Waals surface area contributed by atoms with Gasteiger partial charge in [0.05, 0.1) is 0 Å². The molecular formula is C6H15N7. The molecule has 0 radical (unpaired) electrons. The van der Waals surface area contributed by atoms with Crippen molar-refractivity contribution in [2.24, 2.45) is 33.0 Å². The predicted molar refractivity (Wildman–Crippen MR) is 51.3 cm³/mol. The normalized spacial score (nSPS) is 22.7. The van der Waals surface area contributed by atoms with Crippen molar-refractivity contribution >= 4 is 11.8 Å². The maximum atomic E-state index is 5.60. The maximum Gasteiger partial charge on any atom is 0.220 e. The zero-order valence-corrected chi connectivity index (χ0v) is 7.35. The molecule has 0 amide bonds. The summed E-state index contributed by atoms with van der Waals surface area (Å²) in [6, 6.07) is 0. The van der Waals surface area contributed by atoms with Crippen LogP contribution in [0.4, 0.5) is 0 Å². The second-order valence-electron chi connectivity index (χ2n) is 2.73. The molecule has 74 valence electrons. The van der Waals surface area contributed by atoms with Crippen molar-refractivity contribution in [2.45, 2.75) is 19.1 Å². The fourth-order valence-corrected chi connectivity index (χ4v) is 1.01. The lowest BCUT2D eigenvalue weighted by atomic mass is 10.3. The van der Waals surface area contributed by atoms with E-state index >= 15 is 0 Å². The summed E-state index contributed by atoms with van der Waals surface area (Å²) in [5.74, 6) is 6.40. The molecule has 13 heavy (non-hydrogen) atoms. The molecule has 0 fully saturated rings. The Morgan fingerprint density at radius 1 is 1.46 bits per heavy atom. The van der Waals surface area contributed by atoms with Crippen molar-refractivity contribution in [3.05, 3.63) is 0 Å². The van der Waals surface area contributed by atoms with Crippen molar-refractivity contribution < 1.29 is 0 Å². The third-order valence-corrected chi connectivity index (χ3v) is 1.70. The van der Waals surface area contributed by atoms with Gasteiger partial charge in [-0.25, -0.2) is 10.8 Å². The van der Waals surface area contributed by atoms with E-state index in [-0.39, 0.29) is 5.96 Å². The van der Waals surface area contributed by atoms with Crippen LogP contribution in [0.3, 0.4) is 0 Å². The van der Waals surface area contributed by atoms with Gasteiger partial charge in [-0.15, -0.1) is 0 Å². The van der Waals surface area contributed by atoms with E-state index in [1.54, 1.807) is 0 Å². The number of hydrogen-bond donors (Lipinski definition) is 4. The molecule has 0 aromatic rings. The smallest absolute Gasteiger partial charge is 0.220 e. The van der Waals surface area contributed by atoms with Gasteiger partial charge in [0.25, 0.3) is 0 Å². The van der Waals surface area contributed by atoms with E-state index in [0.29, 0.717) is 18.8 Å². The first-order valence-electron chi connectivity index (χ1n) is 4.05. The summed E-state index contributed by atoms with van der Waals surface area (Å²) in [6.45, 7) is 0.582. The number of nitrogens with two attached hydrogens (primary N) is 4. The fourth-order valence-electron chi connectivity index (χ4n) is 1.01. The number of aliphatic imine (C=N–C) groups is 2. The van der Waals surface area contributed by atoms with Gasteiger partial charge >= 0.3 is 0 Å². The van der Waals surface area contributed by atoms with Crippen LogP contribution >= 0.6 is 0 Å². The lowest BCUT2D eigenvalue weighted by Gasteiger charge is -2.27. The van der Waals surface area contributed by atoms with Crippen LogP contribution in [0.25, 0.3) is 0 Å². The summed E-state index contributed by atoms with van der Waals surface area (Å²) in [6.07, 6.45) is 0.828. The van der Waals surface area contributed by atoms with E-state index < -0.39 is 6.29 Å². The van der Waals surface area contributed by atoms with Crippen LogP contribution in [0.1, 0.15) is 12.8 Å². The van der Waals surface area contributed by atoms with Crippen LogP contribution in [0, 0.1) is 0 Å². The van der Waals surface area contributed by atoms with E-state index in [1.807, 2.05) is 0 Å². The minimum atomic E-state index is -0.634. The van der Waals surface area contributed by atoms with Gasteiger partial charge in [-0.1, -0.05) is 0 Å². The Hall–Kier alpha value is -1.18. The predicted octanol–water partition coefficient (Wildman–Crippen LogP) is -2.13. The van der Waals surface area contributed by atoms with Crippen LogP contribution < -0.4 is 23.0 Å². The van der Waals surface area contributed by atoms with E-state index in [2.05, 4.69) is 9.98 Å². The Bertz CT molecular complexity index is 233. The van der Waals surface area contributed by atoms with Crippen molar-refractivity contribution in [3.63, 3.8) is 0 Å². The molecule has 1 aliphatic heterocycles. The Labute approximate surface area is 76.4 Å². The average molecular weight is 185 g/mol. The number of hydrogen-bond acceptors (Lipinski definition) is 7. The summed E-state index contributed by atoms with van der Waals surface area (Å²) in [5, 5.41) is 1.30. The highest BCUT2D eigenvalue weighted by molar-refractivity contribution is 5.96. The molecule has 1 atom stereocenters. The molecule has 0 saturated carbocycles. The second-order valence-corrected chi connectivity index (χ2v) is 2.73. The number of guanidine groups is 1. The van der Waals surface area contributed by atoms with E-state index in [1.165, 1.54) is 5.01 Å². The zero-order chi connectivity index (χ0) is 9.84. The molecule has 0 aromatic heterocycles. The van der Waals surface area contributed by atoms with E-state index in [0.717, 1.165) is 6.42 Å². The first-order valence-corrected chi connectivity index (χ1v) is 4.05. The molecule has 0 saturated heterocycles. The quantitative estimate of drug-likeness (QED) is 0.373. The minimum Gasteiger partial charge on any atom is -0.368 e. The minimum absolute atomic E-state index is 0.168. The van der Waals surface area contributed by atoms with Gasteiger partial charge in [0.1, 0.15) is 5.84 Å². The first kappa shape index (κ1) is 9.90.